The van der Waals surface area contributed by atoms with E-state index in [4.69, 9.17) is 0 Å². The first kappa shape index (κ1) is 12.9. The van der Waals surface area contributed by atoms with Gasteiger partial charge in [0.1, 0.15) is 0 Å². The average Bonchev–Trinajstić information content (AvgIpc) is 2.16. The van der Waals surface area contributed by atoms with Crippen molar-refractivity contribution in [3.63, 3.8) is 0 Å². The summed E-state index contributed by atoms with van der Waals surface area (Å²) in [6, 6.07) is 2.44. The lowest BCUT2D eigenvalue weighted by Gasteiger charge is -2.18. The maximum atomic E-state index is 4.53. The molecule has 3 nitrogen and oxygen atoms in total. The van der Waals surface area contributed by atoms with Crippen LogP contribution in [0.3, 0.4) is 0 Å². The van der Waals surface area contributed by atoms with Gasteiger partial charge < -0.3 is 5.32 Å². The predicted octanol–water partition coefficient (Wildman–Crippen LogP) is 3.36. The van der Waals surface area contributed by atoms with E-state index in [1.54, 1.807) is 0 Å². The van der Waals surface area contributed by atoms with Crippen molar-refractivity contribution >= 4 is 5.95 Å². The third-order valence-corrected chi connectivity index (χ3v) is 2.82. The standard InChI is InChI=1S/C13H23N3/c1-8(2)11(6)15-13-14-10(5)7-12(16-13)9(3)4/h7-9,11H,1-6H3,(H,14,15,16). The monoisotopic (exact) mass is 221 g/mol. The number of hydrogen-bond acceptors (Lipinski definition) is 3. The maximum absolute atomic E-state index is 4.53. The van der Waals surface area contributed by atoms with E-state index in [0.29, 0.717) is 17.9 Å². The molecule has 0 aliphatic heterocycles. The van der Waals surface area contributed by atoms with Gasteiger partial charge in [0.2, 0.25) is 5.95 Å². The molecule has 1 atom stereocenters. The van der Waals surface area contributed by atoms with Crippen molar-refractivity contribution in [1.29, 1.82) is 0 Å². The summed E-state index contributed by atoms with van der Waals surface area (Å²) in [5.41, 5.74) is 2.13. The largest absolute Gasteiger partial charge is 0.351 e. The summed E-state index contributed by atoms with van der Waals surface area (Å²) in [6.07, 6.45) is 0. The summed E-state index contributed by atoms with van der Waals surface area (Å²) in [4.78, 5) is 8.95. The van der Waals surface area contributed by atoms with Gasteiger partial charge in [-0.05, 0) is 31.7 Å². The van der Waals surface area contributed by atoms with Crippen molar-refractivity contribution < 1.29 is 0 Å². The molecule has 0 aromatic carbocycles. The van der Waals surface area contributed by atoms with Crippen molar-refractivity contribution in [2.75, 3.05) is 5.32 Å². The van der Waals surface area contributed by atoms with Crippen molar-refractivity contribution in [2.24, 2.45) is 5.92 Å². The quantitative estimate of drug-likeness (QED) is 0.847. The first-order valence-electron chi connectivity index (χ1n) is 6.02. The number of nitrogens with zero attached hydrogens (tertiary/aromatic N) is 2. The molecule has 0 aliphatic rings. The van der Waals surface area contributed by atoms with Gasteiger partial charge in [0.25, 0.3) is 0 Å². The van der Waals surface area contributed by atoms with E-state index in [-0.39, 0.29) is 0 Å². The molecule has 0 aliphatic carbocycles. The van der Waals surface area contributed by atoms with Gasteiger partial charge in [-0.15, -0.1) is 0 Å². The van der Waals surface area contributed by atoms with E-state index in [0.717, 1.165) is 17.3 Å². The molecule has 0 amide bonds. The summed E-state index contributed by atoms with van der Waals surface area (Å²) < 4.78 is 0. The van der Waals surface area contributed by atoms with Crippen molar-refractivity contribution in [3.05, 3.63) is 17.5 Å². The van der Waals surface area contributed by atoms with E-state index in [1.807, 2.05) is 6.92 Å². The fourth-order valence-electron chi connectivity index (χ4n) is 1.32. The van der Waals surface area contributed by atoms with E-state index in [9.17, 15) is 0 Å². The Balaban J connectivity index is 2.88. The lowest BCUT2D eigenvalue weighted by atomic mass is 10.1. The first-order chi connectivity index (χ1) is 7.40. The Morgan fingerprint density at radius 2 is 1.69 bits per heavy atom. The Morgan fingerprint density at radius 3 is 2.19 bits per heavy atom. The third-order valence-electron chi connectivity index (χ3n) is 2.82. The highest BCUT2D eigenvalue weighted by molar-refractivity contribution is 5.30. The lowest BCUT2D eigenvalue weighted by Crippen LogP contribution is -2.23. The smallest absolute Gasteiger partial charge is 0.223 e. The molecule has 0 radical (unpaired) electrons. The van der Waals surface area contributed by atoms with Gasteiger partial charge in [0.15, 0.2) is 0 Å². The molecule has 1 heterocycles. The van der Waals surface area contributed by atoms with Gasteiger partial charge in [0, 0.05) is 17.4 Å². The molecular weight excluding hydrogens is 198 g/mol. The molecule has 0 saturated carbocycles. The number of nitrogens with one attached hydrogen (secondary N) is 1. The molecule has 16 heavy (non-hydrogen) atoms. The first-order valence-corrected chi connectivity index (χ1v) is 6.02. The molecule has 0 saturated heterocycles. The highest BCUT2D eigenvalue weighted by atomic mass is 15.1. The topological polar surface area (TPSA) is 37.8 Å². The van der Waals surface area contributed by atoms with Gasteiger partial charge in [-0.1, -0.05) is 27.7 Å². The van der Waals surface area contributed by atoms with Crippen LogP contribution >= 0.6 is 0 Å². The normalized spacial score (nSPS) is 13.2. The Bertz CT molecular complexity index is 345. The van der Waals surface area contributed by atoms with Crippen LogP contribution in [0, 0.1) is 12.8 Å². The molecule has 0 bridgehead atoms. The Kier molecular flexibility index (Phi) is 4.27. The molecule has 0 fully saturated rings. The minimum atomic E-state index is 0.391. The number of rotatable bonds is 4. The van der Waals surface area contributed by atoms with E-state index in [2.05, 4.69) is 56.0 Å². The fourth-order valence-corrected chi connectivity index (χ4v) is 1.32. The molecule has 1 aromatic rings. The van der Waals surface area contributed by atoms with E-state index < -0.39 is 0 Å². The Morgan fingerprint density at radius 1 is 1.06 bits per heavy atom. The maximum Gasteiger partial charge on any atom is 0.223 e. The van der Waals surface area contributed by atoms with Crippen molar-refractivity contribution in [2.45, 2.75) is 53.5 Å². The van der Waals surface area contributed by atoms with E-state index >= 15 is 0 Å². The molecule has 1 N–H and O–H groups in total. The van der Waals surface area contributed by atoms with Crippen LogP contribution in [0.2, 0.25) is 0 Å². The van der Waals surface area contributed by atoms with Gasteiger partial charge in [0.05, 0.1) is 0 Å². The summed E-state index contributed by atoms with van der Waals surface area (Å²) in [7, 11) is 0. The summed E-state index contributed by atoms with van der Waals surface area (Å²) in [6.45, 7) is 12.9. The zero-order valence-electron chi connectivity index (χ0n) is 11.2. The van der Waals surface area contributed by atoms with Crippen molar-refractivity contribution in [1.82, 2.24) is 9.97 Å². The van der Waals surface area contributed by atoms with Gasteiger partial charge in [-0.2, -0.15) is 0 Å². The van der Waals surface area contributed by atoms with Crippen LogP contribution in [0.1, 0.15) is 51.9 Å². The zero-order valence-corrected chi connectivity index (χ0v) is 11.2. The minimum Gasteiger partial charge on any atom is -0.351 e. The number of anilines is 1. The highest BCUT2D eigenvalue weighted by Gasteiger charge is 2.10. The molecular formula is C13H23N3. The molecule has 1 rings (SSSR count). The summed E-state index contributed by atoms with van der Waals surface area (Å²) in [5.74, 6) is 1.77. The molecule has 1 aromatic heterocycles. The average molecular weight is 221 g/mol. The number of aryl methyl sites for hydroxylation is 1. The van der Waals surface area contributed by atoms with Crippen LogP contribution in [0.15, 0.2) is 6.07 Å². The molecule has 90 valence electrons. The zero-order chi connectivity index (χ0) is 12.3. The van der Waals surface area contributed by atoms with Crippen LogP contribution < -0.4 is 5.32 Å². The Hall–Kier alpha value is -1.12. The van der Waals surface area contributed by atoms with Gasteiger partial charge >= 0.3 is 0 Å². The highest BCUT2D eigenvalue weighted by Crippen LogP contribution is 2.15. The van der Waals surface area contributed by atoms with Crippen LogP contribution in [-0.4, -0.2) is 16.0 Å². The number of hydrogen-bond donors (Lipinski definition) is 1. The SMILES string of the molecule is Cc1cc(C(C)C)nc(NC(C)C(C)C)n1. The van der Waals surface area contributed by atoms with Crippen LogP contribution in [0.5, 0.6) is 0 Å². The van der Waals surface area contributed by atoms with Crippen LogP contribution in [-0.2, 0) is 0 Å². The molecule has 1 unspecified atom stereocenters. The fraction of sp³-hybridized carbons (Fsp3) is 0.692. The lowest BCUT2D eigenvalue weighted by molar-refractivity contribution is 0.555. The number of aromatic nitrogens is 2. The van der Waals surface area contributed by atoms with Gasteiger partial charge in [-0.3, -0.25) is 0 Å². The predicted molar refractivity (Wildman–Crippen MR) is 68.8 cm³/mol. The van der Waals surface area contributed by atoms with Gasteiger partial charge in [-0.25, -0.2) is 9.97 Å². The Labute approximate surface area is 98.7 Å². The third kappa shape index (κ3) is 3.47. The second-order valence-electron chi connectivity index (χ2n) is 5.09. The second-order valence-corrected chi connectivity index (χ2v) is 5.09. The summed E-state index contributed by atoms with van der Waals surface area (Å²) >= 11 is 0. The molecule has 3 heteroatoms. The van der Waals surface area contributed by atoms with E-state index in [1.165, 1.54) is 0 Å². The van der Waals surface area contributed by atoms with Crippen molar-refractivity contribution in [3.8, 4) is 0 Å². The summed E-state index contributed by atoms with van der Waals surface area (Å²) in [5, 5.41) is 3.36. The second kappa shape index (κ2) is 5.28. The minimum absolute atomic E-state index is 0.391. The molecule has 0 spiro atoms. The van der Waals surface area contributed by atoms with Crippen LogP contribution in [0.25, 0.3) is 0 Å². The van der Waals surface area contributed by atoms with Crippen LogP contribution in [0.4, 0.5) is 5.95 Å².